The van der Waals surface area contributed by atoms with Crippen LogP contribution in [-0.4, -0.2) is 13.1 Å². The van der Waals surface area contributed by atoms with Gasteiger partial charge in [-0.25, -0.2) is 4.39 Å². The first-order chi connectivity index (χ1) is 10.2. The van der Waals surface area contributed by atoms with E-state index in [1.807, 2.05) is 24.3 Å². The van der Waals surface area contributed by atoms with Crippen LogP contribution < -0.4 is 10.6 Å². The highest BCUT2D eigenvalue weighted by atomic mass is 19.1. The largest absolute Gasteiger partial charge is 0.372 e. The van der Waals surface area contributed by atoms with E-state index in [1.165, 1.54) is 11.6 Å². The summed E-state index contributed by atoms with van der Waals surface area (Å²) in [5, 5.41) is 6.46. The first-order valence-corrected chi connectivity index (χ1v) is 7.19. The number of hydrogen-bond acceptors (Lipinski definition) is 2. The van der Waals surface area contributed by atoms with E-state index in [1.54, 1.807) is 12.1 Å². The smallest absolute Gasteiger partial charge is 0.123 e. The minimum Gasteiger partial charge on any atom is -0.372 e. The van der Waals surface area contributed by atoms with E-state index in [4.69, 9.17) is 0 Å². The van der Waals surface area contributed by atoms with Crippen LogP contribution in [0.15, 0.2) is 67.0 Å². The van der Waals surface area contributed by atoms with Crippen LogP contribution in [0, 0.1) is 5.82 Å². The molecular formula is C18H21FN2. The van der Waals surface area contributed by atoms with Gasteiger partial charge in [0.2, 0.25) is 0 Å². The Morgan fingerprint density at radius 2 is 1.48 bits per heavy atom. The Kier molecular flexibility index (Phi) is 5.83. The van der Waals surface area contributed by atoms with Gasteiger partial charge in [-0.05, 0) is 36.1 Å². The number of nitrogens with one attached hydrogen (secondary N) is 2. The van der Waals surface area contributed by atoms with Crippen molar-refractivity contribution < 1.29 is 4.39 Å². The molecule has 0 radical (unpaired) electrons. The van der Waals surface area contributed by atoms with Gasteiger partial charge in [-0.3, -0.25) is 0 Å². The zero-order valence-corrected chi connectivity index (χ0v) is 12.1. The fourth-order valence-electron chi connectivity index (χ4n) is 2.12. The van der Waals surface area contributed by atoms with Crippen LogP contribution in [0.3, 0.4) is 0 Å². The van der Waals surface area contributed by atoms with Crippen LogP contribution in [0.5, 0.6) is 0 Å². The zero-order chi connectivity index (χ0) is 14.9. The third-order valence-corrected chi connectivity index (χ3v) is 3.24. The fraction of sp³-hybridized carbons (Fsp3) is 0.222. The van der Waals surface area contributed by atoms with Crippen LogP contribution >= 0.6 is 0 Å². The van der Waals surface area contributed by atoms with Crippen molar-refractivity contribution in [3.05, 3.63) is 83.9 Å². The molecule has 0 fully saturated rings. The molecule has 0 amide bonds. The molecule has 0 aliphatic rings. The average Bonchev–Trinajstić information content (AvgIpc) is 2.48. The van der Waals surface area contributed by atoms with Gasteiger partial charge in [0.05, 0.1) is 5.82 Å². The monoisotopic (exact) mass is 284 g/mol. The second-order valence-electron chi connectivity index (χ2n) is 4.95. The molecular weight excluding hydrogens is 263 g/mol. The molecule has 0 spiro atoms. The Hall–Kier alpha value is -2.29. The summed E-state index contributed by atoms with van der Waals surface area (Å²) in [6, 6.07) is 17.0. The maximum absolute atomic E-state index is 13.0. The Bertz CT molecular complexity index is 566. The van der Waals surface area contributed by atoms with Gasteiger partial charge in [0.25, 0.3) is 0 Å². The number of hydrogen-bond donors (Lipinski definition) is 2. The minimum atomic E-state index is -0.188. The summed E-state index contributed by atoms with van der Waals surface area (Å²) < 4.78 is 13.0. The molecule has 0 heterocycles. The van der Waals surface area contributed by atoms with Crippen LogP contribution in [0.4, 0.5) is 4.39 Å². The predicted octanol–water partition coefficient (Wildman–Crippen LogP) is 3.26. The molecule has 2 aromatic carbocycles. The molecule has 2 N–H and O–H groups in total. The number of benzene rings is 2. The predicted molar refractivity (Wildman–Crippen MR) is 85.4 cm³/mol. The molecule has 0 atom stereocenters. The van der Waals surface area contributed by atoms with Crippen molar-refractivity contribution in [2.24, 2.45) is 0 Å². The minimum absolute atomic E-state index is 0.188. The summed E-state index contributed by atoms with van der Waals surface area (Å²) in [5.74, 6) is 0.620. The first-order valence-electron chi connectivity index (χ1n) is 7.19. The van der Waals surface area contributed by atoms with E-state index < -0.39 is 0 Å². The van der Waals surface area contributed by atoms with E-state index in [0.29, 0.717) is 0 Å². The lowest BCUT2D eigenvalue weighted by molar-refractivity contribution is 0.623. The maximum Gasteiger partial charge on any atom is 0.123 e. The molecule has 0 saturated heterocycles. The van der Waals surface area contributed by atoms with Crippen molar-refractivity contribution >= 4 is 0 Å². The average molecular weight is 284 g/mol. The first kappa shape index (κ1) is 15.1. The Morgan fingerprint density at radius 3 is 2.14 bits per heavy atom. The molecule has 2 nitrogen and oxygen atoms in total. The summed E-state index contributed by atoms with van der Waals surface area (Å²) in [6.07, 6.45) is 1.74. The normalized spacial score (nSPS) is 10.1. The highest BCUT2D eigenvalue weighted by Gasteiger charge is 1.97. The topological polar surface area (TPSA) is 24.1 Å². The van der Waals surface area contributed by atoms with Gasteiger partial charge >= 0.3 is 0 Å². The second-order valence-corrected chi connectivity index (χ2v) is 4.95. The Balaban J connectivity index is 1.61. The summed E-state index contributed by atoms with van der Waals surface area (Å²) in [7, 11) is 0. The SMILES string of the molecule is C=C(NCCc1ccccc1)NCCc1cccc(F)c1. The second kappa shape index (κ2) is 8.10. The van der Waals surface area contributed by atoms with E-state index in [9.17, 15) is 4.39 Å². The van der Waals surface area contributed by atoms with Gasteiger partial charge < -0.3 is 10.6 Å². The molecule has 2 rings (SSSR count). The molecule has 2 aromatic rings. The maximum atomic E-state index is 13.0. The van der Waals surface area contributed by atoms with Crippen molar-refractivity contribution in [3.8, 4) is 0 Å². The third-order valence-electron chi connectivity index (χ3n) is 3.24. The molecule has 0 aliphatic carbocycles. The van der Waals surface area contributed by atoms with Gasteiger partial charge in [0.1, 0.15) is 5.82 Å². The van der Waals surface area contributed by atoms with E-state index in [-0.39, 0.29) is 5.82 Å². The van der Waals surface area contributed by atoms with Crippen molar-refractivity contribution in [1.29, 1.82) is 0 Å². The van der Waals surface area contributed by atoms with Crippen molar-refractivity contribution in [2.45, 2.75) is 12.8 Å². The van der Waals surface area contributed by atoms with E-state index in [0.717, 1.165) is 37.3 Å². The zero-order valence-electron chi connectivity index (χ0n) is 12.1. The van der Waals surface area contributed by atoms with Crippen LogP contribution in [0.1, 0.15) is 11.1 Å². The van der Waals surface area contributed by atoms with Crippen LogP contribution in [-0.2, 0) is 12.8 Å². The summed E-state index contributed by atoms with van der Waals surface area (Å²) in [6.45, 7) is 5.52. The number of rotatable bonds is 8. The molecule has 0 bridgehead atoms. The highest BCUT2D eigenvalue weighted by molar-refractivity contribution is 5.17. The molecule has 110 valence electrons. The van der Waals surface area contributed by atoms with Gasteiger partial charge in [0, 0.05) is 13.1 Å². The summed E-state index contributed by atoms with van der Waals surface area (Å²) in [5.41, 5.74) is 2.29. The number of halogens is 1. The standard InChI is InChI=1S/C18H21FN2/c1-15(20-12-10-16-6-3-2-4-7-16)21-13-11-17-8-5-9-18(19)14-17/h2-9,14,20-21H,1,10-13H2. The van der Waals surface area contributed by atoms with Gasteiger partial charge in [-0.2, -0.15) is 0 Å². The fourth-order valence-corrected chi connectivity index (χ4v) is 2.12. The quantitative estimate of drug-likeness (QED) is 0.777. The lowest BCUT2D eigenvalue weighted by atomic mass is 10.1. The summed E-state index contributed by atoms with van der Waals surface area (Å²) >= 11 is 0. The van der Waals surface area contributed by atoms with E-state index >= 15 is 0 Å². The van der Waals surface area contributed by atoms with Crippen LogP contribution in [0.25, 0.3) is 0 Å². The third kappa shape index (κ3) is 5.69. The molecule has 3 heteroatoms. The van der Waals surface area contributed by atoms with Crippen LogP contribution in [0.2, 0.25) is 0 Å². The molecule has 0 aromatic heterocycles. The lowest BCUT2D eigenvalue weighted by Gasteiger charge is -2.12. The highest BCUT2D eigenvalue weighted by Crippen LogP contribution is 2.03. The van der Waals surface area contributed by atoms with Gasteiger partial charge in [-0.1, -0.05) is 49.0 Å². The Labute approximate surface area is 125 Å². The lowest BCUT2D eigenvalue weighted by Crippen LogP contribution is -2.28. The van der Waals surface area contributed by atoms with Gasteiger partial charge in [0.15, 0.2) is 0 Å². The molecule has 0 unspecified atom stereocenters. The molecule has 0 aliphatic heterocycles. The van der Waals surface area contributed by atoms with Crippen molar-refractivity contribution in [1.82, 2.24) is 10.6 Å². The van der Waals surface area contributed by atoms with E-state index in [2.05, 4.69) is 29.3 Å². The summed E-state index contributed by atoms with van der Waals surface area (Å²) in [4.78, 5) is 0. The van der Waals surface area contributed by atoms with Crippen molar-refractivity contribution in [2.75, 3.05) is 13.1 Å². The Morgan fingerprint density at radius 1 is 0.857 bits per heavy atom. The molecule has 0 saturated carbocycles. The van der Waals surface area contributed by atoms with Crippen molar-refractivity contribution in [3.63, 3.8) is 0 Å². The molecule has 21 heavy (non-hydrogen) atoms. The van der Waals surface area contributed by atoms with Gasteiger partial charge in [-0.15, -0.1) is 0 Å².